The van der Waals surface area contributed by atoms with E-state index in [-0.39, 0.29) is 12.5 Å². The van der Waals surface area contributed by atoms with Crippen molar-refractivity contribution in [3.8, 4) is 11.8 Å². The third-order valence-corrected chi connectivity index (χ3v) is 3.65. The maximum absolute atomic E-state index is 12.1. The van der Waals surface area contributed by atoms with Crippen molar-refractivity contribution in [1.29, 1.82) is 5.26 Å². The number of hydrogen-bond acceptors (Lipinski definition) is 5. The molecule has 0 heterocycles. The van der Waals surface area contributed by atoms with Crippen LogP contribution in [0.2, 0.25) is 0 Å². The summed E-state index contributed by atoms with van der Waals surface area (Å²) in [5.41, 5.74) is 1.49. The summed E-state index contributed by atoms with van der Waals surface area (Å²) < 4.78 is 10.5. The topological polar surface area (TPSA) is 79.6 Å². The number of esters is 1. The Morgan fingerprint density at radius 2 is 1.77 bits per heavy atom. The van der Waals surface area contributed by atoms with Crippen molar-refractivity contribution < 1.29 is 19.1 Å². The van der Waals surface area contributed by atoms with E-state index >= 15 is 0 Å². The van der Waals surface area contributed by atoms with Gasteiger partial charge < -0.3 is 14.4 Å². The van der Waals surface area contributed by atoms with E-state index in [4.69, 9.17) is 14.7 Å². The Kier molecular flexibility index (Phi) is 6.75. The Hall–Kier alpha value is -3.33. The minimum Gasteiger partial charge on any atom is -0.479 e. The minimum absolute atomic E-state index is 0.298. The zero-order valence-corrected chi connectivity index (χ0v) is 14.7. The normalized spacial score (nSPS) is 11.1. The molecule has 0 fully saturated rings. The third-order valence-electron chi connectivity index (χ3n) is 3.65. The van der Waals surface area contributed by atoms with E-state index in [1.54, 1.807) is 38.2 Å². The standard InChI is InChI=1S/C20H20N2O4/c1-15(26-18-10-8-16(12-21)9-11-18)20(24)25-14-19(23)22(2)13-17-6-4-3-5-7-17/h3-11,15H,13-14H2,1-2H3/t15-/m1/s1. The Morgan fingerprint density at radius 3 is 2.38 bits per heavy atom. The van der Waals surface area contributed by atoms with Gasteiger partial charge in [-0.2, -0.15) is 5.26 Å². The van der Waals surface area contributed by atoms with Crippen LogP contribution in [-0.4, -0.2) is 36.5 Å². The number of carbonyl (C=O) groups excluding carboxylic acids is 2. The molecular weight excluding hydrogens is 332 g/mol. The summed E-state index contributed by atoms with van der Waals surface area (Å²) in [6.07, 6.45) is -0.866. The first-order chi connectivity index (χ1) is 12.5. The predicted molar refractivity (Wildman–Crippen MR) is 95.1 cm³/mol. The largest absolute Gasteiger partial charge is 0.479 e. The molecule has 0 saturated carbocycles. The molecule has 0 radical (unpaired) electrons. The molecule has 2 aromatic rings. The molecule has 2 aromatic carbocycles. The summed E-state index contributed by atoms with van der Waals surface area (Å²) in [5, 5.41) is 8.76. The fraction of sp³-hybridized carbons (Fsp3) is 0.250. The van der Waals surface area contributed by atoms with Gasteiger partial charge in [-0.1, -0.05) is 30.3 Å². The van der Waals surface area contributed by atoms with Crippen LogP contribution < -0.4 is 4.74 Å². The fourth-order valence-corrected chi connectivity index (χ4v) is 2.17. The quantitative estimate of drug-likeness (QED) is 0.716. The Morgan fingerprint density at radius 1 is 1.12 bits per heavy atom. The van der Waals surface area contributed by atoms with E-state index in [1.807, 2.05) is 36.4 Å². The molecule has 0 N–H and O–H groups in total. The molecule has 26 heavy (non-hydrogen) atoms. The van der Waals surface area contributed by atoms with Crippen LogP contribution in [0.3, 0.4) is 0 Å². The highest BCUT2D eigenvalue weighted by molar-refractivity contribution is 5.81. The summed E-state index contributed by atoms with van der Waals surface area (Å²) in [6.45, 7) is 1.64. The van der Waals surface area contributed by atoms with Gasteiger partial charge in [-0.05, 0) is 36.8 Å². The van der Waals surface area contributed by atoms with Crippen LogP contribution >= 0.6 is 0 Å². The molecule has 134 valence electrons. The fourth-order valence-electron chi connectivity index (χ4n) is 2.17. The Balaban J connectivity index is 1.79. The number of nitriles is 1. The van der Waals surface area contributed by atoms with Crippen LogP contribution in [-0.2, 0) is 20.9 Å². The maximum atomic E-state index is 12.1. The molecule has 0 aromatic heterocycles. The number of nitrogens with zero attached hydrogens (tertiary/aromatic N) is 2. The second-order valence-electron chi connectivity index (χ2n) is 5.74. The summed E-state index contributed by atoms with van der Waals surface area (Å²) in [4.78, 5) is 25.6. The molecule has 0 unspecified atom stereocenters. The molecular formula is C20H20N2O4. The second-order valence-corrected chi connectivity index (χ2v) is 5.74. The molecule has 0 aliphatic carbocycles. The first kappa shape index (κ1) is 19.0. The van der Waals surface area contributed by atoms with Gasteiger partial charge in [-0.25, -0.2) is 4.79 Å². The smallest absolute Gasteiger partial charge is 0.347 e. The van der Waals surface area contributed by atoms with Crippen LogP contribution in [0.5, 0.6) is 5.75 Å². The minimum atomic E-state index is -0.866. The van der Waals surface area contributed by atoms with E-state index < -0.39 is 12.1 Å². The van der Waals surface area contributed by atoms with Crippen molar-refractivity contribution in [2.75, 3.05) is 13.7 Å². The van der Waals surface area contributed by atoms with E-state index in [9.17, 15) is 9.59 Å². The number of carbonyl (C=O) groups is 2. The molecule has 1 amide bonds. The summed E-state index contributed by atoms with van der Waals surface area (Å²) in [7, 11) is 1.65. The first-order valence-electron chi connectivity index (χ1n) is 8.11. The predicted octanol–water partition coefficient (Wildman–Crippen LogP) is 2.53. The zero-order chi connectivity index (χ0) is 18.9. The second kappa shape index (κ2) is 9.23. The van der Waals surface area contributed by atoms with Crippen molar-refractivity contribution >= 4 is 11.9 Å². The summed E-state index contributed by atoms with van der Waals surface area (Å²) in [5.74, 6) is -0.482. The van der Waals surface area contributed by atoms with E-state index in [2.05, 4.69) is 0 Å². The number of amides is 1. The highest BCUT2D eigenvalue weighted by Crippen LogP contribution is 2.14. The van der Waals surface area contributed by atoms with Gasteiger partial charge >= 0.3 is 5.97 Å². The average molecular weight is 352 g/mol. The molecule has 6 heteroatoms. The zero-order valence-electron chi connectivity index (χ0n) is 14.7. The Bertz CT molecular complexity index is 782. The van der Waals surface area contributed by atoms with Gasteiger partial charge in [-0.3, -0.25) is 4.79 Å². The summed E-state index contributed by atoms with van der Waals surface area (Å²) in [6, 6.07) is 17.9. The lowest BCUT2D eigenvalue weighted by Gasteiger charge is -2.18. The molecule has 0 spiro atoms. The molecule has 0 bridgehead atoms. The van der Waals surface area contributed by atoms with Gasteiger partial charge in [0.2, 0.25) is 0 Å². The Labute approximate surface area is 152 Å². The van der Waals surface area contributed by atoms with E-state index in [1.165, 1.54) is 4.90 Å². The van der Waals surface area contributed by atoms with E-state index in [0.717, 1.165) is 5.56 Å². The van der Waals surface area contributed by atoms with Crippen molar-refractivity contribution in [1.82, 2.24) is 4.90 Å². The lowest BCUT2D eigenvalue weighted by molar-refractivity contribution is -0.157. The van der Waals surface area contributed by atoms with Crippen LogP contribution in [0.25, 0.3) is 0 Å². The van der Waals surface area contributed by atoms with Crippen molar-refractivity contribution in [3.05, 3.63) is 65.7 Å². The lowest BCUT2D eigenvalue weighted by Crippen LogP contribution is -2.33. The molecule has 0 saturated heterocycles. The van der Waals surface area contributed by atoms with Crippen LogP contribution in [0.4, 0.5) is 0 Å². The summed E-state index contributed by atoms with van der Waals surface area (Å²) >= 11 is 0. The van der Waals surface area contributed by atoms with Gasteiger partial charge in [0, 0.05) is 13.6 Å². The molecule has 2 rings (SSSR count). The van der Waals surface area contributed by atoms with Crippen molar-refractivity contribution in [2.45, 2.75) is 19.6 Å². The first-order valence-corrected chi connectivity index (χ1v) is 8.11. The number of likely N-dealkylation sites (N-methyl/N-ethyl adjacent to an activating group) is 1. The number of ether oxygens (including phenoxy) is 2. The van der Waals surface area contributed by atoms with Crippen molar-refractivity contribution in [3.63, 3.8) is 0 Å². The van der Waals surface area contributed by atoms with Crippen LogP contribution in [0.1, 0.15) is 18.1 Å². The monoisotopic (exact) mass is 352 g/mol. The lowest BCUT2D eigenvalue weighted by atomic mass is 10.2. The van der Waals surface area contributed by atoms with E-state index in [0.29, 0.717) is 17.9 Å². The van der Waals surface area contributed by atoms with Crippen LogP contribution in [0.15, 0.2) is 54.6 Å². The van der Waals surface area contributed by atoms with Gasteiger partial charge in [0.05, 0.1) is 11.6 Å². The van der Waals surface area contributed by atoms with Crippen molar-refractivity contribution in [2.24, 2.45) is 0 Å². The number of hydrogen-bond donors (Lipinski definition) is 0. The molecule has 1 atom stereocenters. The molecule has 6 nitrogen and oxygen atoms in total. The van der Waals surface area contributed by atoms with Crippen LogP contribution in [0, 0.1) is 11.3 Å². The van der Waals surface area contributed by atoms with Gasteiger partial charge in [-0.15, -0.1) is 0 Å². The maximum Gasteiger partial charge on any atom is 0.347 e. The van der Waals surface area contributed by atoms with Gasteiger partial charge in [0.25, 0.3) is 5.91 Å². The SMILES string of the molecule is C[C@@H](Oc1ccc(C#N)cc1)C(=O)OCC(=O)N(C)Cc1ccccc1. The molecule has 0 aliphatic heterocycles. The van der Waals surface area contributed by atoms with Gasteiger partial charge in [0.15, 0.2) is 12.7 Å². The molecule has 0 aliphatic rings. The van der Waals surface area contributed by atoms with Gasteiger partial charge in [0.1, 0.15) is 5.75 Å². The number of benzene rings is 2. The highest BCUT2D eigenvalue weighted by Gasteiger charge is 2.19. The highest BCUT2D eigenvalue weighted by atomic mass is 16.6. The average Bonchev–Trinajstić information content (AvgIpc) is 2.67. The third kappa shape index (κ3) is 5.64. The number of rotatable bonds is 7.